The van der Waals surface area contributed by atoms with Gasteiger partial charge in [0.05, 0.1) is 0 Å². The number of hydrogen-bond donors (Lipinski definition) is 0. The van der Waals surface area contributed by atoms with E-state index in [1.54, 1.807) is 4.90 Å². The highest BCUT2D eigenvalue weighted by Crippen LogP contribution is 2.34. The topological polar surface area (TPSA) is 87.1 Å². The van der Waals surface area contributed by atoms with Crippen LogP contribution in [0.4, 0.5) is 34.1 Å². The minimum Gasteiger partial charge on any atom is -0.279 e. The molecule has 3 aliphatic heterocycles. The van der Waals surface area contributed by atoms with E-state index in [1.165, 1.54) is 16.7 Å². The van der Waals surface area contributed by atoms with Gasteiger partial charge in [-0.3, -0.25) is 14.7 Å². The van der Waals surface area contributed by atoms with Gasteiger partial charge < -0.3 is 0 Å². The summed E-state index contributed by atoms with van der Waals surface area (Å²) in [5, 5.41) is 0. The van der Waals surface area contributed by atoms with Gasteiger partial charge in [0.2, 0.25) is 35.8 Å². The van der Waals surface area contributed by atoms with Gasteiger partial charge in [0.1, 0.15) is 0 Å². The van der Waals surface area contributed by atoms with Crippen LogP contribution in [0.2, 0.25) is 0 Å². The molecule has 10 nitrogen and oxygen atoms in total. The number of hydrogen-bond acceptors (Lipinski definition) is 10. The van der Waals surface area contributed by atoms with Crippen molar-refractivity contribution in [2.75, 3.05) is 14.7 Å². The average molecular weight is 821 g/mol. The molecule has 1 unspecified atom stereocenters. The molecule has 3 heterocycles. The Hall–Kier alpha value is -8.24. The molecule has 7 aromatic rings. The molecule has 0 aromatic heterocycles. The maximum absolute atomic E-state index is 5.22. The highest BCUT2D eigenvalue weighted by molar-refractivity contribution is 6.34. The van der Waals surface area contributed by atoms with E-state index in [0.29, 0.717) is 41.7 Å². The van der Waals surface area contributed by atoms with Gasteiger partial charge in [-0.1, -0.05) is 141 Å². The Balaban J connectivity index is 1.12. The van der Waals surface area contributed by atoms with Gasteiger partial charge in [-0.25, -0.2) is 4.90 Å². The maximum atomic E-state index is 5.22. The molecule has 0 bridgehead atoms. The Labute approximate surface area is 367 Å². The zero-order valence-electron chi connectivity index (χ0n) is 35.0. The largest absolute Gasteiger partial charge is 0.279 e. The summed E-state index contributed by atoms with van der Waals surface area (Å²) in [4.78, 5) is 38.9. The predicted octanol–water partition coefficient (Wildman–Crippen LogP) is 12.1. The summed E-state index contributed by atoms with van der Waals surface area (Å²) < 4.78 is 0. The summed E-state index contributed by atoms with van der Waals surface area (Å²) in [5.74, 6) is 2.72. The van der Waals surface area contributed by atoms with Crippen LogP contribution in [-0.4, -0.2) is 40.7 Å². The number of nitrogens with zero attached hydrogens (tertiary/aromatic N) is 10. The highest BCUT2D eigenvalue weighted by atomic mass is 15.6. The number of aliphatic imine (C=N–C) groups is 6. The van der Waals surface area contributed by atoms with E-state index in [-0.39, 0.29) is 0 Å². The van der Waals surface area contributed by atoms with E-state index in [0.717, 1.165) is 47.0 Å². The minimum atomic E-state index is 0.336. The molecule has 3 aliphatic rings. The lowest BCUT2D eigenvalue weighted by Crippen LogP contribution is -2.51. The minimum absolute atomic E-state index is 0.336. The van der Waals surface area contributed by atoms with Gasteiger partial charge in [0.15, 0.2) is 0 Å². The first kappa shape index (κ1) is 38.9. The quantitative estimate of drug-likeness (QED) is 0.137. The molecule has 1 atom stereocenters. The zero-order valence-corrected chi connectivity index (χ0v) is 35.0. The Morgan fingerprint density at radius 2 is 0.651 bits per heavy atom. The molecule has 0 fully saturated rings. The molecule has 0 saturated heterocycles. The molecule has 10 rings (SSSR count). The van der Waals surface area contributed by atoms with E-state index in [1.807, 2.05) is 154 Å². The van der Waals surface area contributed by atoms with Crippen molar-refractivity contribution in [1.82, 2.24) is 4.90 Å². The third-order valence-corrected chi connectivity index (χ3v) is 11.2. The standard InChI is InChI=1S/C53H44N10/c1-3-38(2)41-33-29-39(30-34-41)37-40-31-35-47(36-32-40)62(46-27-17-8-18-28-46)50-58-52-56-48(60(42-19-9-4-10-20-42)43-21-11-5-12-22-43)54-51-55-49(57-53(59-50)63(51)52)61(44-23-13-6-14-24-44)45-25-15-7-16-26-45/h4-36,38H,3,37H2,1-2H3. The van der Waals surface area contributed by atoms with Crippen molar-refractivity contribution in [1.29, 1.82) is 0 Å². The van der Waals surface area contributed by atoms with E-state index in [9.17, 15) is 0 Å². The van der Waals surface area contributed by atoms with Gasteiger partial charge in [0.25, 0.3) is 0 Å². The fraction of sp³-hybridized carbons (Fsp3) is 0.0943. The van der Waals surface area contributed by atoms with Crippen LogP contribution in [-0.2, 0) is 6.42 Å². The summed E-state index contributed by atoms with van der Waals surface area (Å²) in [6, 6.07) is 68.1. The zero-order chi connectivity index (χ0) is 42.5. The lowest BCUT2D eigenvalue weighted by Gasteiger charge is -2.36. The van der Waals surface area contributed by atoms with Crippen molar-refractivity contribution >= 4 is 69.9 Å². The smallest absolute Gasteiger partial charge is 0.246 e. The van der Waals surface area contributed by atoms with Crippen molar-refractivity contribution in [3.8, 4) is 0 Å². The number of benzene rings is 7. The molecule has 0 radical (unpaired) electrons. The van der Waals surface area contributed by atoms with Gasteiger partial charge in [-0.2, -0.15) is 30.0 Å². The molecule has 306 valence electrons. The predicted molar refractivity (Wildman–Crippen MR) is 259 cm³/mol. The summed E-state index contributed by atoms with van der Waals surface area (Å²) in [6.45, 7) is 4.51. The van der Waals surface area contributed by atoms with Crippen LogP contribution in [0.3, 0.4) is 0 Å². The monoisotopic (exact) mass is 820 g/mol. The molecule has 0 aliphatic carbocycles. The first-order chi connectivity index (χ1) is 31.1. The van der Waals surface area contributed by atoms with Crippen molar-refractivity contribution in [2.45, 2.75) is 32.6 Å². The lowest BCUT2D eigenvalue weighted by molar-refractivity contribution is 0.733. The van der Waals surface area contributed by atoms with E-state index >= 15 is 0 Å². The molecule has 7 aromatic carbocycles. The van der Waals surface area contributed by atoms with E-state index < -0.39 is 0 Å². The van der Waals surface area contributed by atoms with Crippen LogP contribution in [0.25, 0.3) is 0 Å². The second-order valence-corrected chi connectivity index (χ2v) is 15.4. The fourth-order valence-corrected chi connectivity index (χ4v) is 7.78. The number of para-hydroxylation sites is 5. The molecular weight excluding hydrogens is 777 g/mol. The third kappa shape index (κ3) is 8.05. The van der Waals surface area contributed by atoms with Crippen molar-refractivity contribution in [3.05, 3.63) is 217 Å². The molecular formula is C53H44N10. The highest BCUT2D eigenvalue weighted by Gasteiger charge is 2.39. The lowest BCUT2D eigenvalue weighted by atomic mass is 9.96. The van der Waals surface area contributed by atoms with Gasteiger partial charge in [-0.15, -0.1) is 0 Å². The fourth-order valence-electron chi connectivity index (χ4n) is 7.78. The second-order valence-electron chi connectivity index (χ2n) is 15.4. The van der Waals surface area contributed by atoms with Crippen LogP contribution in [0.1, 0.15) is 42.9 Å². The Kier molecular flexibility index (Phi) is 10.7. The van der Waals surface area contributed by atoms with Crippen molar-refractivity contribution in [2.24, 2.45) is 30.0 Å². The van der Waals surface area contributed by atoms with Gasteiger partial charge in [-0.05, 0) is 108 Å². The van der Waals surface area contributed by atoms with Crippen LogP contribution in [0.5, 0.6) is 0 Å². The Morgan fingerprint density at radius 1 is 0.365 bits per heavy atom. The number of rotatable bonds is 10. The molecule has 63 heavy (non-hydrogen) atoms. The second kappa shape index (κ2) is 17.4. The summed E-state index contributed by atoms with van der Waals surface area (Å²) in [6.07, 6.45) is 1.94. The first-order valence-corrected chi connectivity index (χ1v) is 21.3. The van der Waals surface area contributed by atoms with Crippen LogP contribution >= 0.6 is 0 Å². The summed E-state index contributed by atoms with van der Waals surface area (Å²) in [7, 11) is 0. The summed E-state index contributed by atoms with van der Waals surface area (Å²) in [5.41, 5.74) is 9.14. The molecule has 0 saturated carbocycles. The van der Waals surface area contributed by atoms with Crippen LogP contribution in [0.15, 0.2) is 230 Å². The number of guanidine groups is 6. The van der Waals surface area contributed by atoms with Crippen LogP contribution < -0.4 is 14.7 Å². The SMILES string of the molecule is CCC(C)c1ccc(Cc2ccc(N(C3=NC4=NC(N(c5ccccc5)c5ccccc5)=NC5=NC(N(c6ccccc6)c6ccccc6)=NC(=N3)N54)c3ccccc3)cc2)cc1. The molecule has 0 spiro atoms. The summed E-state index contributed by atoms with van der Waals surface area (Å²) >= 11 is 0. The van der Waals surface area contributed by atoms with E-state index in [4.69, 9.17) is 30.0 Å². The maximum Gasteiger partial charge on any atom is 0.246 e. The Morgan fingerprint density at radius 3 is 0.952 bits per heavy atom. The average Bonchev–Trinajstić information content (AvgIpc) is 3.34. The number of anilines is 6. The molecule has 0 N–H and O–H groups in total. The normalized spacial score (nSPS) is 14.5. The van der Waals surface area contributed by atoms with Gasteiger partial charge >= 0.3 is 0 Å². The first-order valence-electron chi connectivity index (χ1n) is 21.3. The molecule has 0 amide bonds. The van der Waals surface area contributed by atoms with Crippen LogP contribution in [0, 0.1) is 0 Å². The van der Waals surface area contributed by atoms with Crippen molar-refractivity contribution < 1.29 is 0 Å². The Bertz CT molecular complexity index is 2730. The van der Waals surface area contributed by atoms with Crippen molar-refractivity contribution in [3.63, 3.8) is 0 Å². The molecule has 10 heteroatoms. The third-order valence-electron chi connectivity index (χ3n) is 11.2. The van der Waals surface area contributed by atoms with E-state index in [2.05, 4.69) is 74.5 Å². The van der Waals surface area contributed by atoms with Gasteiger partial charge in [0, 0.05) is 34.1 Å².